The van der Waals surface area contributed by atoms with Crippen LogP contribution >= 0.6 is 27.3 Å². The molecule has 0 aliphatic carbocycles. The van der Waals surface area contributed by atoms with E-state index in [0.29, 0.717) is 11.4 Å². The van der Waals surface area contributed by atoms with Crippen molar-refractivity contribution in [2.24, 2.45) is 0 Å². The molecule has 1 aliphatic rings. The molecule has 3 nitrogen and oxygen atoms in total. The molecule has 0 fully saturated rings. The number of hydrogen-bond donors (Lipinski definition) is 0. The minimum absolute atomic E-state index is 0.470. The highest BCUT2D eigenvalue weighted by atomic mass is 79.9. The highest BCUT2D eigenvalue weighted by molar-refractivity contribution is 9.11. The van der Waals surface area contributed by atoms with Crippen LogP contribution in [0.4, 0.5) is 13.2 Å². The normalized spacial score (nSPS) is 15.0. The Kier molecular flexibility index (Phi) is 5.05. The molecule has 0 radical (unpaired) electrons. The summed E-state index contributed by atoms with van der Waals surface area (Å²) in [6, 6.07) is 9.16. The van der Waals surface area contributed by atoms with E-state index >= 15 is 0 Å². The van der Waals surface area contributed by atoms with E-state index in [9.17, 15) is 13.2 Å². The second-order valence-electron chi connectivity index (χ2n) is 6.41. The van der Waals surface area contributed by atoms with Gasteiger partial charge in [-0.05, 0) is 40.2 Å². The van der Waals surface area contributed by atoms with Gasteiger partial charge in [-0.1, -0.05) is 12.1 Å². The molecule has 3 aromatic rings. The summed E-state index contributed by atoms with van der Waals surface area (Å²) in [6.45, 7) is 2.56. The lowest BCUT2D eigenvalue weighted by Crippen LogP contribution is -2.30. The number of halogens is 4. The quantitative estimate of drug-likeness (QED) is 0.520. The van der Waals surface area contributed by atoms with Gasteiger partial charge in [-0.25, -0.2) is 9.97 Å². The van der Waals surface area contributed by atoms with E-state index in [0.717, 1.165) is 53.2 Å². The second-order valence-corrected chi connectivity index (χ2v) is 8.95. The maximum absolute atomic E-state index is 12.7. The molecule has 0 saturated carbocycles. The molecule has 0 N–H and O–H groups in total. The third kappa shape index (κ3) is 4.23. The summed E-state index contributed by atoms with van der Waals surface area (Å²) in [7, 11) is 0. The maximum atomic E-state index is 12.7. The molecular formula is C19H15BrF3N3S. The van der Waals surface area contributed by atoms with E-state index in [4.69, 9.17) is 0 Å². The third-order valence-electron chi connectivity index (χ3n) is 4.49. The summed E-state index contributed by atoms with van der Waals surface area (Å²) >= 11 is 5.21. The monoisotopic (exact) mass is 453 g/mol. The average Bonchev–Trinajstić information content (AvgIpc) is 3.05. The Labute approximate surface area is 167 Å². The summed E-state index contributed by atoms with van der Waals surface area (Å²) in [5, 5.41) is 0. The van der Waals surface area contributed by atoms with Gasteiger partial charge in [0, 0.05) is 48.3 Å². The van der Waals surface area contributed by atoms with Gasteiger partial charge < -0.3 is 0 Å². The second kappa shape index (κ2) is 7.33. The highest BCUT2D eigenvalue weighted by Crippen LogP contribution is 2.31. The first-order chi connectivity index (χ1) is 12.9. The Morgan fingerprint density at radius 1 is 1.11 bits per heavy atom. The molecule has 0 bridgehead atoms. The lowest BCUT2D eigenvalue weighted by atomic mass is 10.1. The van der Waals surface area contributed by atoms with Crippen molar-refractivity contribution in [2.75, 3.05) is 6.54 Å². The number of hydrogen-bond acceptors (Lipinski definition) is 4. The minimum Gasteiger partial charge on any atom is -0.293 e. The van der Waals surface area contributed by atoms with Crippen molar-refractivity contribution in [1.29, 1.82) is 0 Å². The fourth-order valence-corrected chi connectivity index (χ4v) is 4.64. The molecule has 3 heterocycles. The Morgan fingerprint density at radius 2 is 1.89 bits per heavy atom. The van der Waals surface area contributed by atoms with Gasteiger partial charge in [-0.15, -0.1) is 11.3 Å². The molecule has 0 spiro atoms. The molecule has 0 saturated heterocycles. The van der Waals surface area contributed by atoms with Gasteiger partial charge in [0.1, 0.15) is 0 Å². The minimum atomic E-state index is -4.34. The van der Waals surface area contributed by atoms with Crippen LogP contribution < -0.4 is 0 Å². The maximum Gasteiger partial charge on any atom is 0.416 e. The molecular weight excluding hydrogens is 439 g/mol. The molecule has 0 amide bonds. The molecule has 4 rings (SSSR count). The first-order valence-electron chi connectivity index (χ1n) is 8.37. The summed E-state index contributed by atoms with van der Waals surface area (Å²) in [6.07, 6.45) is -1.74. The number of nitrogens with zero attached hydrogens (tertiary/aromatic N) is 3. The van der Waals surface area contributed by atoms with Crippen molar-refractivity contribution in [2.45, 2.75) is 25.7 Å². The average molecular weight is 454 g/mol. The van der Waals surface area contributed by atoms with Crippen LogP contribution in [-0.4, -0.2) is 21.4 Å². The third-order valence-corrected chi connectivity index (χ3v) is 6.10. The first kappa shape index (κ1) is 18.6. The van der Waals surface area contributed by atoms with Gasteiger partial charge in [0.2, 0.25) is 0 Å². The Hall–Kier alpha value is -1.77. The summed E-state index contributed by atoms with van der Waals surface area (Å²) in [5.74, 6) is 0.470. The summed E-state index contributed by atoms with van der Waals surface area (Å²) in [5.41, 5.74) is 1.98. The van der Waals surface area contributed by atoms with Crippen LogP contribution in [0.3, 0.4) is 0 Å². The number of aromatic nitrogens is 2. The van der Waals surface area contributed by atoms with Gasteiger partial charge in [0.15, 0.2) is 5.82 Å². The van der Waals surface area contributed by atoms with E-state index in [1.165, 1.54) is 17.0 Å². The van der Waals surface area contributed by atoms with Crippen molar-refractivity contribution in [3.05, 3.63) is 68.1 Å². The lowest BCUT2D eigenvalue weighted by molar-refractivity contribution is -0.137. The standard InChI is InChI=1S/C19H15BrF3N3S/c20-17-6-5-15(27-17)11-26-8-7-16-13(10-26)9-24-18(25-16)12-1-3-14(4-2-12)19(21,22)23/h1-6,9H,7-8,10-11H2. The van der Waals surface area contributed by atoms with Crippen LogP contribution in [0.2, 0.25) is 0 Å². The van der Waals surface area contributed by atoms with Gasteiger partial charge in [-0.3, -0.25) is 4.90 Å². The fourth-order valence-electron chi connectivity index (χ4n) is 3.11. The summed E-state index contributed by atoms with van der Waals surface area (Å²) in [4.78, 5) is 12.6. The zero-order chi connectivity index (χ0) is 19.0. The largest absolute Gasteiger partial charge is 0.416 e. The van der Waals surface area contributed by atoms with E-state index in [1.54, 1.807) is 17.5 Å². The van der Waals surface area contributed by atoms with E-state index in [1.807, 2.05) is 0 Å². The fraction of sp³-hybridized carbons (Fsp3) is 0.263. The van der Waals surface area contributed by atoms with Crippen molar-refractivity contribution >= 4 is 27.3 Å². The van der Waals surface area contributed by atoms with Crippen LogP contribution in [-0.2, 0) is 25.7 Å². The highest BCUT2D eigenvalue weighted by Gasteiger charge is 2.30. The number of alkyl halides is 3. The molecule has 1 aromatic carbocycles. The molecule has 8 heteroatoms. The zero-order valence-corrected chi connectivity index (χ0v) is 16.5. The number of fused-ring (bicyclic) bond motifs is 1. The lowest BCUT2D eigenvalue weighted by Gasteiger charge is -2.27. The summed E-state index contributed by atoms with van der Waals surface area (Å²) < 4.78 is 39.2. The van der Waals surface area contributed by atoms with Gasteiger partial charge in [0.25, 0.3) is 0 Å². The molecule has 1 aliphatic heterocycles. The molecule has 27 heavy (non-hydrogen) atoms. The molecule has 140 valence electrons. The van der Waals surface area contributed by atoms with Crippen molar-refractivity contribution in [3.8, 4) is 11.4 Å². The number of benzene rings is 1. The van der Waals surface area contributed by atoms with Gasteiger partial charge in [0.05, 0.1) is 15.0 Å². The van der Waals surface area contributed by atoms with E-state index in [-0.39, 0.29) is 0 Å². The smallest absolute Gasteiger partial charge is 0.293 e. The van der Waals surface area contributed by atoms with Crippen LogP contribution in [0.5, 0.6) is 0 Å². The predicted molar refractivity (Wildman–Crippen MR) is 102 cm³/mol. The van der Waals surface area contributed by atoms with E-state index < -0.39 is 11.7 Å². The van der Waals surface area contributed by atoms with Gasteiger partial charge in [-0.2, -0.15) is 13.2 Å². The molecule has 2 aromatic heterocycles. The van der Waals surface area contributed by atoms with Gasteiger partial charge >= 0.3 is 6.18 Å². The van der Waals surface area contributed by atoms with Crippen molar-refractivity contribution in [3.63, 3.8) is 0 Å². The van der Waals surface area contributed by atoms with Crippen LogP contribution in [0.25, 0.3) is 11.4 Å². The van der Waals surface area contributed by atoms with E-state index in [2.05, 4.69) is 42.9 Å². The van der Waals surface area contributed by atoms with Crippen molar-refractivity contribution < 1.29 is 13.2 Å². The molecule has 0 atom stereocenters. The first-order valence-corrected chi connectivity index (χ1v) is 9.98. The number of thiophene rings is 1. The van der Waals surface area contributed by atoms with Crippen LogP contribution in [0, 0.1) is 0 Å². The Balaban J connectivity index is 1.50. The predicted octanol–water partition coefficient (Wildman–Crippen LogP) is 5.54. The number of rotatable bonds is 3. The Morgan fingerprint density at radius 3 is 2.56 bits per heavy atom. The van der Waals surface area contributed by atoms with Crippen molar-refractivity contribution in [1.82, 2.24) is 14.9 Å². The Bertz CT molecular complexity index is 954. The zero-order valence-electron chi connectivity index (χ0n) is 14.1. The molecule has 0 unspecified atom stereocenters. The van der Waals surface area contributed by atoms with Crippen LogP contribution in [0.1, 0.15) is 21.7 Å². The topological polar surface area (TPSA) is 29.0 Å². The SMILES string of the molecule is FC(F)(F)c1ccc(-c2ncc3c(n2)CCN(Cc2ccc(Br)s2)C3)cc1. The van der Waals surface area contributed by atoms with Crippen LogP contribution in [0.15, 0.2) is 46.4 Å².